The molecule has 0 aliphatic rings. The smallest absolute Gasteiger partial charge is 0.123 e. The van der Waals surface area contributed by atoms with E-state index in [-0.39, 0.29) is 5.82 Å². The van der Waals surface area contributed by atoms with E-state index in [1.54, 1.807) is 6.07 Å². The fourth-order valence-electron chi connectivity index (χ4n) is 2.88. The van der Waals surface area contributed by atoms with Crippen molar-refractivity contribution in [3.63, 3.8) is 0 Å². The summed E-state index contributed by atoms with van der Waals surface area (Å²) in [6.07, 6.45) is 0. The lowest BCUT2D eigenvalue weighted by Crippen LogP contribution is -1.83. The molecule has 0 N–H and O–H groups in total. The van der Waals surface area contributed by atoms with E-state index in [0.717, 1.165) is 16.2 Å². The first kappa shape index (κ1) is 10.5. The Bertz CT molecular complexity index is 887. The number of rotatable bonds is 0. The van der Waals surface area contributed by atoms with Crippen LogP contribution in [0.1, 0.15) is 0 Å². The van der Waals surface area contributed by atoms with Crippen LogP contribution in [0, 0.1) is 5.82 Å². The van der Waals surface area contributed by atoms with Crippen molar-refractivity contribution in [3.8, 4) is 0 Å². The van der Waals surface area contributed by atoms with E-state index in [9.17, 15) is 4.39 Å². The van der Waals surface area contributed by atoms with Crippen molar-refractivity contribution in [1.82, 2.24) is 0 Å². The first-order chi connectivity index (χ1) is 9.34. The third kappa shape index (κ3) is 1.45. The Kier molecular flexibility index (Phi) is 2.10. The van der Waals surface area contributed by atoms with Crippen LogP contribution in [0.3, 0.4) is 0 Å². The van der Waals surface area contributed by atoms with Crippen LogP contribution in [0.25, 0.3) is 32.3 Å². The second-order valence-electron chi connectivity index (χ2n) is 4.78. The van der Waals surface area contributed by atoms with E-state index in [0.29, 0.717) is 0 Å². The number of benzene rings is 4. The SMILES string of the molecule is Fc1ccc2c3ccccc3c3ccccc3c2c1. The van der Waals surface area contributed by atoms with E-state index in [1.807, 2.05) is 30.3 Å². The van der Waals surface area contributed by atoms with Crippen LogP contribution in [0.4, 0.5) is 4.39 Å². The summed E-state index contributed by atoms with van der Waals surface area (Å²) >= 11 is 0. The van der Waals surface area contributed by atoms with Gasteiger partial charge in [-0.3, -0.25) is 0 Å². The maximum atomic E-state index is 13.6. The molecule has 0 spiro atoms. The molecule has 0 aliphatic carbocycles. The molecule has 0 atom stereocenters. The molecular weight excluding hydrogens is 235 g/mol. The van der Waals surface area contributed by atoms with Gasteiger partial charge in [0.25, 0.3) is 0 Å². The molecule has 0 nitrogen and oxygen atoms in total. The number of hydrogen-bond acceptors (Lipinski definition) is 0. The summed E-state index contributed by atoms with van der Waals surface area (Å²) in [4.78, 5) is 0. The Hall–Kier alpha value is -2.41. The van der Waals surface area contributed by atoms with Gasteiger partial charge in [-0.25, -0.2) is 4.39 Å². The van der Waals surface area contributed by atoms with Crippen molar-refractivity contribution in [2.75, 3.05) is 0 Å². The largest absolute Gasteiger partial charge is 0.207 e. The van der Waals surface area contributed by atoms with Crippen molar-refractivity contribution < 1.29 is 4.39 Å². The van der Waals surface area contributed by atoms with Gasteiger partial charge in [0.1, 0.15) is 5.82 Å². The van der Waals surface area contributed by atoms with Crippen LogP contribution >= 0.6 is 0 Å². The van der Waals surface area contributed by atoms with Gasteiger partial charge in [0.15, 0.2) is 0 Å². The number of hydrogen-bond donors (Lipinski definition) is 0. The predicted octanol–water partition coefficient (Wildman–Crippen LogP) is 5.29. The van der Waals surface area contributed by atoms with Gasteiger partial charge in [-0.1, -0.05) is 54.6 Å². The quantitative estimate of drug-likeness (QED) is 0.370. The molecule has 4 aromatic carbocycles. The zero-order valence-corrected chi connectivity index (χ0v) is 10.2. The molecule has 0 amide bonds. The van der Waals surface area contributed by atoms with Gasteiger partial charge < -0.3 is 0 Å². The minimum Gasteiger partial charge on any atom is -0.207 e. The van der Waals surface area contributed by atoms with Gasteiger partial charge in [-0.2, -0.15) is 0 Å². The van der Waals surface area contributed by atoms with Gasteiger partial charge in [-0.15, -0.1) is 0 Å². The van der Waals surface area contributed by atoms with Crippen molar-refractivity contribution >= 4 is 32.3 Å². The Morgan fingerprint density at radius 3 is 1.42 bits per heavy atom. The molecule has 0 radical (unpaired) electrons. The molecule has 0 aromatic heterocycles. The average Bonchev–Trinajstić information content (AvgIpc) is 2.47. The minimum atomic E-state index is -0.187. The highest BCUT2D eigenvalue weighted by atomic mass is 19.1. The Balaban J connectivity index is 2.43. The van der Waals surface area contributed by atoms with E-state index < -0.39 is 0 Å². The highest BCUT2D eigenvalue weighted by molar-refractivity contribution is 6.25. The lowest BCUT2D eigenvalue weighted by Gasteiger charge is -2.09. The van der Waals surface area contributed by atoms with E-state index in [4.69, 9.17) is 0 Å². The third-order valence-electron chi connectivity index (χ3n) is 3.71. The molecule has 0 unspecified atom stereocenters. The van der Waals surface area contributed by atoms with Crippen molar-refractivity contribution in [2.45, 2.75) is 0 Å². The van der Waals surface area contributed by atoms with E-state index >= 15 is 0 Å². The summed E-state index contributed by atoms with van der Waals surface area (Å²) in [5, 5.41) is 6.77. The summed E-state index contributed by atoms with van der Waals surface area (Å²) in [6, 6.07) is 21.5. The van der Waals surface area contributed by atoms with Crippen LogP contribution in [0.15, 0.2) is 66.7 Å². The molecule has 0 saturated heterocycles. The summed E-state index contributed by atoms with van der Waals surface area (Å²) in [5.74, 6) is -0.187. The van der Waals surface area contributed by atoms with Gasteiger partial charge in [0.05, 0.1) is 0 Å². The zero-order valence-electron chi connectivity index (χ0n) is 10.2. The summed E-state index contributed by atoms with van der Waals surface area (Å²) < 4.78 is 13.6. The summed E-state index contributed by atoms with van der Waals surface area (Å²) in [6.45, 7) is 0. The van der Waals surface area contributed by atoms with Crippen molar-refractivity contribution in [3.05, 3.63) is 72.5 Å². The van der Waals surface area contributed by atoms with Crippen molar-refractivity contribution in [2.24, 2.45) is 0 Å². The highest BCUT2D eigenvalue weighted by Crippen LogP contribution is 2.34. The van der Waals surface area contributed by atoms with Crippen LogP contribution in [0.2, 0.25) is 0 Å². The van der Waals surface area contributed by atoms with Crippen LogP contribution in [-0.4, -0.2) is 0 Å². The summed E-state index contributed by atoms with van der Waals surface area (Å²) in [7, 11) is 0. The second kappa shape index (κ2) is 3.79. The molecule has 0 heterocycles. The monoisotopic (exact) mass is 246 g/mol. The molecule has 90 valence electrons. The highest BCUT2D eigenvalue weighted by Gasteiger charge is 2.07. The lowest BCUT2D eigenvalue weighted by molar-refractivity contribution is 0.630. The van der Waals surface area contributed by atoms with Crippen molar-refractivity contribution in [1.29, 1.82) is 0 Å². The zero-order chi connectivity index (χ0) is 12.8. The van der Waals surface area contributed by atoms with E-state index in [2.05, 4.69) is 24.3 Å². The molecule has 0 bridgehead atoms. The molecule has 4 rings (SSSR count). The Morgan fingerprint density at radius 2 is 0.895 bits per heavy atom. The first-order valence-corrected chi connectivity index (χ1v) is 6.33. The molecule has 0 aliphatic heterocycles. The van der Waals surface area contributed by atoms with E-state index in [1.165, 1.54) is 22.2 Å². The molecule has 0 saturated carbocycles. The average molecular weight is 246 g/mol. The summed E-state index contributed by atoms with van der Waals surface area (Å²) in [5.41, 5.74) is 0. The number of halogens is 1. The fourth-order valence-corrected chi connectivity index (χ4v) is 2.88. The number of fused-ring (bicyclic) bond motifs is 6. The third-order valence-corrected chi connectivity index (χ3v) is 3.71. The molecular formula is C18H11F. The maximum absolute atomic E-state index is 13.6. The lowest BCUT2D eigenvalue weighted by atomic mass is 9.94. The second-order valence-corrected chi connectivity index (χ2v) is 4.78. The normalized spacial score (nSPS) is 11.4. The molecule has 19 heavy (non-hydrogen) atoms. The van der Waals surface area contributed by atoms with Gasteiger partial charge in [0.2, 0.25) is 0 Å². The Morgan fingerprint density at radius 1 is 0.474 bits per heavy atom. The van der Waals surface area contributed by atoms with Gasteiger partial charge in [-0.05, 0) is 44.5 Å². The molecule has 0 fully saturated rings. The first-order valence-electron chi connectivity index (χ1n) is 6.33. The van der Waals surface area contributed by atoms with Crippen LogP contribution < -0.4 is 0 Å². The van der Waals surface area contributed by atoms with Crippen LogP contribution in [-0.2, 0) is 0 Å². The molecule has 1 heteroatoms. The fraction of sp³-hybridized carbons (Fsp3) is 0. The maximum Gasteiger partial charge on any atom is 0.123 e. The van der Waals surface area contributed by atoms with Crippen LogP contribution in [0.5, 0.6) is 0 Å². The van der Waals surface area contributed by atoms with Gasteiger partial charge >= 0.3 is 0 Å². The van der Waals surface area contributed by atoms with Gasteiger partial charge in [0, 0.05) is 0 Å². The minimum absolute atomic E-state index is 0.187. The Labute approximate surface area is 110 Å². The standard InChI is InChI=1S/C18H11F/c19-12-9-10-17-15-7-2-1-5-13(15)14-6-3-4-8-16(14)18(17)11-12/h1-11H. The topological polar surface area (TPSA) is 0 Å². The molecule has 4 aromatic rings. The predicted molar refractivity (Wildman–Crippen MR) is 78.9 cm³/mol.